The van der Waals surface area contributed by atoms with Crippen LogP contribution < -0.4 is 10.6 Å². The number of aliphatic hydroxyl groups is 1. The minimum atomic E-state index is -1.21. The first kappa shape index (κ1) is 19.4. The molecule has 2 heterocycles. The zero-order valence-electron chi connectivity index (χ0n) is 15.8. The second-order valence-corrected chi connectivity index (χ2v) is 7.77. The van der Waals surface area contributed by atoms with Crippen LogP contribution in [0.2, 0.25) is 0 Å². The predicted octanol–water partition coefficient (Wildman–Crippen LogP) is 1.68. The van der Waals surface area contributed by atoms with Gasteiger partial charge in [-0.3, -0.25) is 4.79 Å². The van der Waals surface area contributed by atoms with E-state index in [0.29, 0.717) is 24.1 Å². The van der Waals surface area contributed by atoms with Gasteiger partial charge in [0.2, 0.25) is 5.91 Å². The normalized spacial score (nSPS) is 28.9. The summed E-state index contributed by atoms with van der Waals surface area (Å²) in [4.78, 5) is 38.1. The van der Waals surface area contributed by atoms with E-state index in [1.165, 1.54) is 36.1 Å². The molecule has 154 valence electrons. The topological polar surface area (TPSA) is 119 Å². The second kappa shape index (κ2) is 7.14. The Balaban J connectivity index is 1.57. The number of amides is 3. The van der Waals surface area contributed by atoms with Gasteiger partial charge in [0.25, 0.3) is 0 Å². The molecule has 1 aliphatic carbocycles. The molecule has 4 N–H and O–H groups in total. The van der Waals surface area contributed by atoms with Crippen molar-refractivity contribution in [1.82, 2.24) is 10.2 Å². The maximum absolute atomic E-state index is 13.0. The van der Waals surface area contributed by atoms with Crippen molar-refractivity contribution in [3.8, 4) is 0 Å². The fourth-order valence-corrected chi connectivity index (χ4v) is 4.89. The maximum atomic E-state index is 13.0. The number of rotatable bonds is 4. The van der Waals surface area contributed by atoms with Gasteiger partial charge in [0.1, 0.15) is 11.5 Å². The number of aliphatic carboxylic acids is 1. The van der Waals surface area contributed by atoms with Crippen molar-refractivity contribution in [1.29, 1.82) is 0 Å². The first-order valence-electron chi connectivity index (χ1n) is 9.61. The number of benzene rings is 1. The fourth-order valence-electron chi connectivity index (χ4n) is 4.89. The van der Waals surface area contributed by atoms with Crippen LogP contribution in [-0.2, 0) is 9.59 Å². The molecule has 4 rings (SSSR count). The number of nitrogens with zero attached hydrogens (tertiary/aromatic N) is 1. The highest BCUT2D eigenvalue weighted by Crippen LogP contribution is 2.52. The number of hydrogen-bond acceptors (Lipinski definition) is 4. The van der Waals surface area contributed by atoms with Gasteiger partial charge in [0, 0.05) is 11.6 Å². The van der Waals surface area contributed by atoms with E-state index in [1.807, 2.05) is 0 Å². The van der Waals surface area contributed by atoms with Crippen molar-refractivity contribution in [3.63, 3.8) is 0 Å². The molecule has 29 heavy (non-hydrogen) atoms. The lowest BCUT2D eigenvalue weighted by Crippen LogP contribution is -2.64. The predicted molar refractivity (Wildman–Crippen MR) is 100 cm³/mol. The van der Waals surface area contributed by atoms with E-state index in [-0.39, 0.29) is 23.6 Å². The van der Waals surface area contributed by atoms with Crippen molar-refractivity contribution in [2.75, 3.05) is 5.32 Å². The van der Waals surface area contributed by atoms with E-state index in [2.05, 4.69) is 10.6 Å². The van der Waals surface area contributed by atoms with Crippen molar-refractivity contribution in [2.45, 2.75) is 44.4 Å². The first-order valence-corrected chi connectivity index (χ1v) is 9.61. The Morgan fingerprint density at radius 2 is 1.93 bits per heavy atom. The van der Waals surface area contributed by atoms with Crippen molar-refractivity contribution in [3.05, 3.63) is 41.4 Å². The average Bonchev–Trinajstić information content (AvgIpc) is 2.95. The Bertz CT molecular complexity index is 898. The van der Waals surface area contributed by atoms with E-state index in [1.54, 1.807) is 0 Å². The highest BCUT2D eigenvalue weighted by molar-refractivity contribution is 6.00. The van der Waals surface area contributed by atoms with E-state index in [9.17, 15) is 29.0 Å². The van der Waals surface area contributed by atoms with Crippen LogP contribution in [0, 0.1) is 17.7 Å². The van der Waals surface area contributed by atoms with E-state index in [4.69, 9.17) is 0 Å². The highest BCUT2D eigenvalue weighted by atomic mass is 19.1. The molecular weight excluding hydrogens is 381 g/mol. The lowest BCUT2D eigenvalue weighted by atomic mass is 9.71. The molecule has 3 amide bonds. The molecule has 3 aliphatic rings. The Hall–Kier alpha value is -2.94. The molecule has 9 heteroatoms. The van der Waals surface area contributed by atoms with E-state index < -0.39 is 35.9 Å². The number of hydrogen-bond donors (Lipinski definition) is 4. The Kier molecular flexibility index (Phi) is 4.77. The fraction of sp³-hybridized carbons (Fsp3) is 0.450. The van der Waals surface area contributed by atoms with Gasteiger partial charge in [0.05, 0.1) is 24.1 Å². The van der Waals surface area contributed by atoms with Gasteiger partial charge in [-0.2, -0.15) is 0 Å². The summed E-state index contributed by atoms with van der Waals surface area (Å²) < 4.78 is 13.0. The molecule has 1 saturated heterocycles. The summed E-state index contributed by atoms with van der Waals surface area (Å²) in [6, 6.07) is 3.85. The first-order chi connectivity index (χ1) is 13.8. The molecule has 1 aromatic rings. The largest absolute Gasteiger partial charge is 0.477 e. The number of β-lactam (4-membered cyclic amide) rings is 1. The standard InChI is InChI=1S/C20H22FN3O5/c1-9(25)14-16-12-3-2-4-13(15(12)17(19(27)28)24(16)18(14)26)23-20(29)22-11-7-5-10(21)6-8-11/h5-9,12-14,16,25H,2-4H2,1H3,(H,27,28)(H2,22,23,29)/t9?,12-,13-,14+,16+/m0/s1. The van der Waals surface area contributed by atoms with E-state index >= 15 is 0 Å². The summed E-state index contributed by atoms with van der Waals surface area (Å²) in [5.74, 6) is -2.85. The van der Waals surface area contributed by atoms with Crippen molar-refractivity contribution in [2.24, 2.45) is 11.8 Å². The molecule has 2 aliphatic heterocycles. The number of anilines is 1. The number of carboxylic acids is 1. The molecule has 0 spiro atoms. The lowest BCUT2D eigenvalue weighted by molar-refractivity contribution is -0.163. The number of carboxylic acid groups (broad SMARTS) is 1. The zero-order chi connectivity index (χ0) is 20.9. The molecule has 0 aromatic heterocycles. The van der Waals surface area contributed by atoms with Crippen LogP contribution in [0.3, 0.4) is 0 Å². The van der Waals surface area contributed by atoms with Crippen LogP contribution >= 0.6 is 0 Å². The number of nitrogens with one attached hydrogen (secondary N) is 2. The van der Waals surface area contributed by atoms with Gasteiger partial charge in [0.15, 0.2) is 0 Å². The smallest absolute Gasteiger partial charge is 0.352 e. The van der Waals surface area contributed by atoms with E-state index in [0.717, 1.165) is 6.42 Å². The minimum absolute atomic E-state index is 0.0753. The molecule has 5 atom stereocenters. The maximum Gasteiger partial charge on any atom is 0.352 e. The minimum Gasteiger partial charge on any atom is -0.477 e. The third-order valence-corrected chi connectivity index (χ3v) is 6.03. The molecule has 1 unspecified atom stereocenters. The molecule has 0 bridgehead atoms. The number of halogens is 1. The molecular formula is C20H22FN3O5. The van der Waals surface area contributed by atoms with Gasteiger partial charge in [-0.25, -0.2) is 14.0 Å². The molecule has 1 aromatic carbocycles. The summed E-state index contributed by atoms with van der Waals surface area (Å²) in [5.41, 5.74) is 0.872. The monoisotopic (exact) mass is 403 g/mol. The number of aliphatic hydroxyl groups excluding tert-OH is 1. The third-order valence-electron chi connectivity index (χ3n) is 6.03. The van der Waals surface area contributed by atoms with Gasteiger partial charge in [-0.15, -0.1) is 0 Å². The molecule has 8 nitrogen and oxygen atoms in total. The summed E-state index contributed by atoms with van der Waals surface area (Å²) in [6.07, 6.45) is 1.14. The Labute approximate surface area is 166 Å². The van der Waals surface area contributed by atoms with Crippen molar-refractivity contribution >= 4 is 23.6 Å². The Morgan fingerprint density at radius 3 is 2.55 bits per heavy atom. The molecule has 0 radical (unpaired) electrons. The number of urea groups is 1. The summed E-state index contributed by atoms with van der Waals surface area (Å²) >= 11 is 0. The van der Waals surface area contributed by atoms with Crippen LogP contribution in [0.1, 0.15) is 26.2 Å². The van der Waals surface area contributed by atoms with Crippen LogP contribution in [0.15, 0.2) is 35.5 Å². The summed E-state index contributed by atoms with van der Waals surface area (Å²) in [6.45, 7) is 1.53. The SMILES string of the molecule is CC(O)[C@H]1C(=O)N2C(C(=O)O)=C3[C@@H](NC(=O)Nc4ccc(F)cc4)CCC[C@@H]3[C@H]12. The van der Waals surface area contributed by atoms with Crippen LogP contribution in [0.25, 0.3) is 0 Å². The third kappa shape index (κ3) is 3.15. The quantitative estimate of drug-likeness (QED) is 0.571. The van der Waals surface area contributed by atoms with Gasteiger partial charge >= 0.3 is 12.0 Å². The number of carbonyl (C=O) groups is 3. The van der Waals surface area contributed by atoms with Crippen LogP contribution in [0.4, 0.5) is 14.9 Å². The molecule has 1 saturated carbocycles. The van der Waals surface area contributed by atoms with Crippen LogP contribution in [-0.4, -0.2) is 51.2 Å². The second-order valence-electron chi connectivity index (χ2n) is 7.77. The van der Waals surface area contributed by atoms with Crippen LogP contribution in [0.5, 0.6) is 0 Å². The Morgan fingerprint density at radius 1 is 1.24 bits per heavy atom. The summed E-state index contributed by atoms with van der Waals surface area (Å²) in [7, 11) is 0. The highest BCUT2D eigenvalue weighted by Gasteiger charge is 2.62. The lowest BCUT2D eigenvalue weighted by Gasteiger charge is -2.47. The number of carbonyl (C=O) groups excluding carboxylic acids is 2. The van der Waals surface area contributed by atoms with Gasteiger partial charge in [-0.05, 0) is 49.6 Å². The van der Waals surface area contributed by atoms with Crippen molar-refractivity contribution < 1.29 is 29.0 Å². The molecule has 2 fully saturated rings. The van der Waals surface area contributed by atoms with Gasteiger partial charge in [-0.1, -0.05) is 6.42 Å². The number of fused-ring (bicyclic) bond motifs is 3. The van der Waals surface area contributed by atoms with Gasteiger partial charge < -0.3 is 25.7 Å². The zero-order valence-corrected chi connectivity index (χ0v) is 15.8. The average molecular weight is 403 g/mol. The summed E-state index contributed by atoms with van der Waals surface area (Å²) in [5, 5.41) is 25.1.